The van der Waals surface area contributed by atoms with Crippen LogP contribution in [0.2, 0.25) is 0 Å². The summed E-state index contributed by atoms with van der Waals surface area (Å²) in [4.78, 5) is 11.7. The van der Waals surface area contributed by atoms with Crippen LogP contribution < -0.4 is 10.6 Å². The second-order valence-electron chi connectivity index (χ2n) is 7.69. The van der Waals surface area contributed by atoms with E-state index in [1.165, 1.54) is 11.1 Å². The zero-order valence-corrected chi connectivity index (χ0v) is 17.5. The van der Waals surface area contributed by atoms with Crippen LogP contribution in [0.1, 0.15) is 18.1 Å². The van der Waals surface area contributed by atoms with Crippen LogP contribution in [0.5, 0.6) is 0 Å². The monoisotopic (exact) mass is 411 g/mol. The van der Waals surface area contributed by atoms with Crippen molar-refractivity contribution in [3.05, 3.63) is 78.2 Å². The maximum Gasteiger partial charge on any atom is 0.161 e. The van der Waals surface area contributed by atoms with E-state index in [2.05, 4.69) is 68.0 Å². The standard InChI is InChI=1S/C24H25N7/c1-2-25-16-31-14-19-4-3-18(11-20(19)15-31)24-26-10-9-23(30-24)29-22-7-5-17(6-8-22)21-12-27-28-13-21/h3-13,25H,2,14-16H2,1H3,(H,27,28)(H,26,29,30). The Labute approximate surface area is 181 Å². The number of hydrogen-bond acceptors (Lipinski definition) is 6. The lowest BCUT2D eigenvalue weighted by Gasteiger charge is -2.14. The Morgan fingerprint density at radius 3 is 2.61 bits per heavy atom. The minimum atomic E-state index is 0.730. The predicted molar refractivity (Wildman–Crippen MR) is 123 cm³/mol. The Kier molecular flexibility index (Phi) is 5.43. The van der Waals surface area contributed by atoms with Crippen molar-refractivity contribution in [2.75, 3.05) is 18.5 Å². The molecule has 3 heterocycles. The highest BCUT2D eigenvalue weighted by molar-refractivity contribution is 5.67. The number of benzene rings is 2. The zero-order chi connectivity index (χ0) is 21.0. The molecule has 7 heteroatoms. The fourth-order valence-corrected chi connectivity index (χ4v) is 3.86. The van der Waals surface area contributed by atoms with Gasteiger partial charge in [0.05, 0.1) is 6.20 Å². The van der Waals surface area contributed by atoms with Gasteiger partial charge in [-0.1, -0.05) is 31.2 Å². The Morgan fingerprint density at radius 2 is 1.81 bits per heavy atom. The maximum absolute atomic E-state index is 4.74. The highest BCUT2D eigenvalue weighted by Crippen LogP contribution is 2.28. The Morgan fingerprint density at radius 1 is 0.968 bits per heavy atom. The fourth-order valence-electron chi connectivity index (χ4n) is 3.86. The van der Waals surface area contributed by atoms with Gasteiger partial charge in [0, 0.05) is 49.0 Å². The van der Waals surface area contributed by atoms with E-state index in [0.29, 0.717) is 0 Å². The molecule has 0 bridgehead atoms. The molecule has 0 amide bonds. The molecule has 0 aliphatic carbocycles. The molecule has 0 fully saturated rings. The molecule has 5 rings (SSSR count). The van der Waals surface area contributed by atoms with Crippen LogP contribution in [-0.2, 0) is 13.1 Å². The molecule has 0 unspecified atom stereocenters. The summed E-state index contributed by atoms with van der Waals surface area (Å²) in [6, 6.07) is 16.6. The van der Waals surface area contributed by atoms with Crippen molar-refractivity contribution in [2.45, 2.75) is 20.0 Å². The second-order valence-corrected chi connectivity index (χ2v) is 7.69. The molecule has 0 saturated carbocycles. The highest BCUT2D eigenvalue weighted by Gasteiger charge is 2.19. The van der Waals surface area contributed by atoms with Crippen LogP contribution >= 0.6 is 0 Å². The van der Waals surface area contributed by atoms with E-state index in [0.717, 1.165) is 60.3 Å². The molecule has 4 aromatic rings. The molecular formula is C24H25N7. The third kappa shape index (κ3) is 4.33. The minimum absolute atomic E-state index is 0.730. The first kappa shape index (κ1) is 19.4. The van der Waals surface area contributed by atoms with E-state index in [4.69, 9.17) is 4.98 Å². The summed E-state index contributed by atoms with van der Waals surface area (Å²) in [5.74, 6) is 1.50. The molecule has 0 atom stereocenters. The molecule has 0 spiro atoms. The molecule has 156 valence electrons. The van der Waals surface area contributed by atoms with Gasteiger partial charge in [0.25, 0.3) is 0 Å². The molecule has 2 aromatic heterocycles. The largest absolute Gasteiger partial charge is 0.340 e. The lowest BCUT2D eigenvalue weighted by atomic mass is 10.1. The SMILES string of the molecule is CCNCN1Cc2ccc(-c3nccc(Nc4ccc(-c5cn[nH]c5)cc4)n3)cc2C1. The predicted octanol–water partition coefficient (Wildman–Crippen LogP) is 4.16. The van der Waals surface area contributed by atoms with Gasteiger partial charge in [-0.3, -0.25) is 10.00 Å². The van der Waals surface area contributed by atoms with E-state index in [1.807, 2.05) is 30.6 Å². The van der Waals surface area contributed by atoms with Gasteiger partial charge in [-0.15, -0.1) is 0 Å². The van der Waals surface area contributed by atoms with Gasteiger partial charge in [0.15, 0.2) is 5.82 Å². The van der Waals surface area contributed by atoms with E-state index >= 15 is 0 Å². The summed E-state index contributed by atoms with van der Waals surface area (Å²) in [6.45, 7) is 5.97. The van der Waals surface area contributed by atoms with Crippen LogP contribution in [0.15, 0.2) is 67.1 Å². The number of hydrogen-bond donors (Lipinski definition) is 3. The average Bonchev–Trinajstić information content (AvgIpc) is 3.48. The highest BCUT2D eigenvalue weighted by atomic mass is 15.2. The first-order chi connectivity index (χ1) is 15.3. The van der Waals surface area contributed by atoms with Gasteiger partial charge in [-0.2, -0.15) is 5.10 Å². The summed E-state index contributed by atoms with van der Waals surface area (Å²) >= 11 is 0. The number of fused-ring (bicyclic) bond motifs is 1. The van der Waals surface area contributed by atoms with Crippen molar-refractivity contribution in [3.63, 3.8) is 0 Å². The second kappa shape index (κ2) is 8.67. The minimum Gasteiger partial charge on any atom is -0.340 e. The van der Waals surface area contributed by atoms with E-state index in [9.17, 15) is 0 Å². The molecule has 1 aliphatic rings. The molecule has 7 nitrogen and oxygen atoms in total. The number of nitrogens with zero attached hydrogens (tertiary/aromatic N) is 4. The van der Waals surface area contributed by atoms with Crippen molar-refractivity contribution in [3.8, 4) is 22.5 Å². The summed E-state index contributed by atoms with van der Waals surface area (Å²) in [5, 5.41) is 13.6. The zero-order valence-electron chi connectivity index (χ0n) is 17.5. The van der Waals surface area contributed by atoms with Crippen molar-refractivity contribution < 1.29 is 0 Å². The van der Waals surface area contributed by atoms with Crippen molar-refractivity contribution in [1.29, 1.82) is 0 Å². The lowest BCUT2D eigenvalue weighted by molar-refractivity contribution is 0.263. The Balaban J connectivity index is 1.31. The number of anilines is 2. The molecule has 0 saturated heterocycles. The maximum atomic E-state index is 4.74. The van der Waals surface area contributed by atoms with Crippen LogP contribution in [0.4, 0.5) is 11.5 Å². The topological polar surface area (TPSA) is 81.8 Å². The molecular weight excluding hydrogens is 386 g/mol. The molecule has 31 heavy (non-hydrogen) atoms. The molecule has 2 aromatic carbocycles. The van der Waals surface area contributed by atoms with Gasteiger partial charge in [-0.25, -0.2) is 9.97 Å². The summed E-state index contributed by atoms with van der Waals surface area (Å²) < 4.78 is 0. The van der Waals surface area contributed by atoms with Crippen molar-refractivity contribution in [1.82, 2.24) is 30.4 Å². The van der Waals surface area contributed by atoms with Crippen molar-refractivity contribution >= 4 is 11.5 Å². The quantitative estimate of drug-likeness (QED) is 0.424. The normalized spacial score (nSPS) is 13.3. The van der Waals surface area contributed by atoms with Crippen LogP contribution in [-0.4, -0.2) is 38.3 Å². The summed E-state index contributed by atoms with van der Waals surface area (Å²) in [6.07, 6.45) is 5.50. The van der Waals surface area contributed by atoms with E-state index in [1.54, 1.807) is 6.20 Å². The van der Waals surface area contributed by atoms with Gasteiger partial charge in [0.1, 0.15) is 5.82 Å². The van der Waals surface area contributed by atoms with Gasteiger partial charge < -0.3 is 10.6 Å². The average molecular weight is 412 g/mol. The molecule has 3 N–H and O–H groups in total. The first-order valence-electron chi connectivity index (χ1n) is 10.5. The van der Waals surface area contributed by atoms with Crippen molar-refractivity contribution in [2.24, 2.45) is 0 Å². The first-order valence-corrected chi connectivity index (χ1v) is 10.5. The lowest BCUT2D eigenvalue weighted by Crippen LogP contribution is -2.29. The van der Waals surface area contributed by atoms with Gasteiger partial charge in [-0.05, 0) is 47.5 Å². The Hall–Kier alpha value is -3.55. The van der Waals surface area contributed by atoms with Crippen LogP contribution in [0.25, 0.3) is 22.5 Å². The van der Waals surface area contributed by atoms with Crippen LogP contribution in [0.3, 0.4) is 0 Å². The smallest absolute Gasteiger partial charge is 0.161 e. The summed E-state index contributed by atoms with van der Waals surface area (Å²) in [5.41, 5.74) is 6.94. The molecule has 1 aliphatic heterocycles. The number of aromatic amines is 1. The third-order valence-electron chi connectivity index (χ3n) is 5.48. The number of aromatic nitrogens is 4. The third-order valence-corrected chi connectivity index (χ3v) is 5.48. The van der Waals surface area contributed by atoms with Crippen LogP contribution in [0, 0.1) is 0 Å². The number of rotatable bonds is 7. The number of nitrogens with one attached hydrogen (secondary N) is 3. The van der Waals surface area contributed by atoms with E-state index < -0.39 is 0 Å². The fraction of sp³-hybridized carbons (Fsp3) is 0.208. The number of H-pyrrole nitrogens is 1. The molecule has 0 radical (unpaired) electrons. The van der Waals surface area contributed by atoms with Gasteiger partial charge >= 0.3 is 0 Å². The van der Waals surface area contributed by atoms with E-state index in [-0.39, 0.29) is 0 Å². The summed E-state index contributed by atoms with van der Waals surface area (Å²) in [7, 11) is 0. The van der Waals surface area contributed by atoms with Gasteiger partial charge in [0.2, 0.25) is 0 Å². The Bertz CT molecular complexity index is 1150.